The molecule has 1 heterocycles. The second-order valence-electron chi connectivity index (χ2n) is 6.67. The SMILES string of the molecule is CCCCCCCCCCCCCCC1SC1CC(=O)OC. The summed E-state index contributed by atoms with van der Waals surface area (Å²) in [6, 6.07) is 0. The smallest absolute Gasteiger partial charge is 0.306 e. The largest absolute Gasteiger partial charge is 0.469 e. The number of esters is 1. The summed E-state index contributed by atoms with van der Waals surface area (Å²) >= 11 is 1.96. The van der Waals surface area contributed by atoms with Gasteiger partial charge in [0.05, 0.1) is 13.5 Å². The van der Waals surface area contributed by atoms with Crippen LogP contribution in [0.5, 0.6) is 0 Å². The molecule has 1 fully saturated rings. The molecular formula is C19H36O2S. The molecule has 1 saturated heterocycles. The van der Waals surface area contributed by atoms with E-state index in [9.17, 15) is 4.79 Å². The average Bonchev–Trinajstić information content (AvgIpc) is 3.26. The van der Waals surface area contributed by atoms with Crippen molar-refractivity contribution in [3.05, 3.63) is 0 Å². The van der Waals surface area contributed by atoms with Gasteiger partial charge >= 0.3 is 5.97 Å². The number of ether oxygens (including phenoxy) is 1. The molecule has 0 aliphatic carbocycles. The lowest BCUT2D eigenvalue weighted by Gasteiger charge is -2.02. The third-order valence-electron chi connectivity index (χ3n) is 4.63. The Balaban J connectivity index is 1.73. The van der Waals surface area contributed by atoms with E-state index in [-0.39, 0.29) is 5.97 Å². The van der Waals surface area contributed by atoms with Gasteiger partial charge in [-0.05, 0) is 6.42 Å². The van der Waals surface area contributed by atoms with Crippen LogP contribution in [-0.2, 0) is 9.53 Å². The molecule has 2 unspecified atom stereocenters. The normalized spacial score (nSPS) is 20.1. The minimum absolute atomic E-state index is 0.0466. The highest BCUT2D eigenvalue weighted by molar-refractivity contribution is 8.07. The zero-order valence-electron chi connectivity index (χ0n) is 14.8. The van der Waals surface area contributed by atoms with E-state index in [0.717, 1.165) is 5.25 Å². The molecule has 1 rings (SSSR count). The van der Waals surface area contributed by atoms with Crippen LogP contribution in [0.3, 0.4) is 0 Å². The number of unbranched alkanes of at least 4 members (excludes halogenated alkanes) is 11. The zero-order chi connectivity index (χ0) is 16.0. The molecule has 130 valence electrons. The molecule has 0 bridgehead atoms. The summed E-state index contributed by atoms with van der Waals surface area (Å²) in [5, 5.41) is 1.29. The average molecular weight is 329 g/mol. The van der Waals surface area contributed by atoms with Crippen molar-refractivity contribution in [3.63, 3.8) is 0 Å². The van der Waals surface area contributed by atoms with Gasteiger partial charge in [-0.2, -0.15) is 11.8 Å². The van der Waals surface area contributed by atoms with Crippen molar-refractivity contribution in [1.82, 2.24) is 0 Å². The van der Waals surface area contributed by atoms with Crippen molar-refractivity contribution in [2.24, 2.45) is 0 Å². The van der Waals surface area contributed by atoms with Crippen LogP contribution in [0.1, 0.15) is 96.8 Å². The fourth-order valence-electron chi connectivity index (χ4n) is 3.05. The zero-order valence-corrected chi connectivity index (χ0v) is 15.6. The third kappa shape index (κ3) is 10.5. The number of hydrogen-bond acceptors (Lipinski definition) is 3. The first-order valence-corrected chi connectivity index (χ1v) is 10.4. The van der Waals surface area contributed by atoms with Gasteiger partial charge in [-0.25, -0.2) is 0 Å². The van der Waals surface area contributed by atoms with E-state index >= 15 is 0 Å². The van der Waals surface area contributed by atoms with Gasteiger partial charge in [0.2, 0.25) is 0 Å². The Morgan fingerprint density at radius 1 is 0.818 bits per heavy atom. The second-order valence-corrected chi connectivity index (χ2v) is 8.15. The highest BCUT2D eigenvalue weighted by atomic mass is 32.2. The maximum Gasteiger partial charge on any atom is 0.306 e. The fourth-order valence-corrected chi connectivity index (χ4v) is 4.17. The fraction of sp³-hybridized carbons (Fsp3) is 0.947. The summed E-state index contributed by atoms with van der Waals surface area (Å²) in [4.78, 5) is 11.1. The third-order valence-corrected chi connectivity index (χ3v) is 6.07. The van der Waals surface area contributed by atoms with Gasteiger partial charge in [-0.15, -0.1) is 0 Å². The van der Waals surface area contributed by atoms with Gasteiger partial charge in [-0.1, -0.05) is 84.0 Å². The van der Waals surface area contributed by atoms with E-state index in [1.807, 2.05) is 11.8 Å². The minimum atomic E-state index is -0.0466. The molecule has 1 aliphatic rings. The lowest BCUT2D eigenvalue weighted by Crippen LogP contribution is -2.06. The van der Waals surface area contributed by atoms with Crippen LogP contribution in [0.2, 0.25) is 0 Å². The lowest BCUT2D eigenvalue weighted by molar-refractivity contribution is -0.140. The Morgan fingerprint density at radius 3 is 1.82 bits per heavy atom. The monoisotopic (exact) mass is 328 g/mol. The molecule has 0 aromatic heterocycles. The maximum atomic E-state index is 11.1. The Bertz CT molecular complexity index is 281. The van der Waals surface area contributed by atoms with Crippen molar-refractivity contribution in [1.29, 1.82) is 0 Å². The summed E-state index contributed by atoms with van der Waals surface area (Å²) in [7, 11) is 1.48. The topological polar surface area (TPSA) is 26.3 Å². The highest BCUT2D eigenvalue weighted by Gasteiger charge is 2.39. The first-order valence-electron chi connectivity index (χ1n) is 9.50. The van der Waals surface area contributed by atoms with Crippen molar-refractivity contribution >= 4 is 17.7 Å². The van der Waals surface area contributed by atoms with Gasteiger partial charge in [0, 0.05) is 10.5 Å². The molecular weight excluding hydrogens is 292 g/mol. The van der Waals surface area contributed by atoms with E-state index in [2.05, 4.69) is 6.92 Å². The molecule has 0 aromatic carbocycles. The summed E-state index contributed by atoms with van der Waals surface area (Å²) < 4.78 is 4.71. The molecule has 22 heavy (non-hydrogen) atoms. The van der Waals surface area contributed by atoms with Gasteiger partial charge in [-0.3, -0.25) is 4.79 Å². The van der Waals surface area contributed by atoms with E-state index in [0.29, 0.717) is 11.7 Å². The predicted molar refractivity (Wildman–Crippen MR) is 97.5 cm³/mol. The lowest BCUT2D eigenvalue weighted by atomic mass is 10.0. The predicted octanol–water partition coefficient (Wildman–Crippen LogP) is 6.12. The molecule has 2 atom stereocenters. The van der Waals surface area contributed by atoms with Crippen LogP contribution < -0.4 is 0 Å². The minimum Gasteiger partial charge on any atom is -0.469 e. The Kier molecular flexibility index (Phi) is 12.0. The first-order chi connectivity index (χ1) is 10.8. The van der Waals surface area contributed by atoms with Crippen LogP contribution in [0.4, 0.5) is 0 Å². The summed E-state index contributed by atoms with van der Waals surface area (Å²) in [6.07, 6.45) is 18.8. The standard InChI is InChI=1S/C19H36O2S/c1-3-4-5-6-7-8-9-10-11-12-13-14-15-17-18(22-17)16-19(20)21-2/h17-18H,3-16H2,1-2H3. The maximum absolute atomic E-state index is 11.1. The summed E-state index contributed by atoms with van der Waals surface area (Å²) in [5.41, 5.74) is 0. The van der Waals surface area contributed by atoms with Crippen molar-refractivity contribution in [3.8, 4) is 0 Å². The number of methoxy groups -OCH3 is 1. The molecule has 0 saturated carbocycles. The van der Waals surface area contributed by atoms with Crippen LogP contribution in [-0.4, -0.2) is 23.6 Å². The molecule has 1 aliphatic heterocycles. The van der Waals surface area contributed by atoms with E-state index in [4.69, 9.17) is 4.74 Å². The van der Waals surface area contributed by atoms with Gasteiger partial charge < -0.3 is 4.74 Å². The van der Waals surface area contributed by atoms with E-state index < -0.39 is 0 Å². The van der Waals surface area contributed by atoms with Gasteiger partial charge in [0.15, 0.2) is 0 Å². The number of carbonyl (C=O) groups is 1. The van der Waals surface area contributed by atoms with Gasteiger partial charge in [0.1, 0.15) is 0 Å². The second kappa shape index (κ2) is 13.3. The molecule has 0 spiro atoms. The molecule has 0 N–H and O–H groups in total. The van der Waals surface area contributed by atoms with Crippen LogP contribution in [0.25, 0.3) is 0 Å². The molecule has 0 radical (unpaired) electrons. The van der Waals surface area contributed by atoms with Crippen molar-refractivity contribution in [2.75, 3.05) is 7.11 Å². The van der Waals surface area contributed by atoms with Crippen molar-refractivity contribution in [2.45, 2.75) is 107 Å². The highest BCUT2D eigenvalue weighted by Crippen LogP contribution is 2.46. The van der Waals surface area contributed by atoms with Crippen LogP contribution in [0, 0.1) is 0 Å². The van der Waals surface area contributed by atoms with E-state index in [1.54, 1.807) is 0 Å². The summed E-state index contributed by atoms with van der Waals surface area (Å²) in [6.45, 7) is 2.28. The van der Waals surface area contributed by atoms with Crippen LogP contribution >= 0.6 is 11.8 Å². The van der Waals surface area contributed by atoms with Gasteiger partial charge in [0.25, 0.3) is 0 Å². The Labute approximate surface area is 142 Å². The van der Waals surface area contributed by atoms with Crippen molar-refractivity contribution < 1.29 is 9.53 Å². The number of thioether (sulfide) groups is 1. The first kappa shape index (κ1) is 19.9. The quantitative estimate of drug-likeness (QED) is 0.206. The molecule has 3 heteroatoms. The molecule has 0 aromatic rings. The van der Waals surface area contributed by atoms with Crippen LogP contribution in [0.15, 0.2) is 0 Å². The summed E-state index contributed by atoms with van der Waals surface area (Å²) in [5.74, 6) is -0.0466. The van der Waals surface area contributed by atoms with E-state index in [1.165, 1.54) is 90.6 Å². The number of carbonyl (C=O) groups excluding carboxylic acids is 1. The number of hydrogen-bond donors (Lipinski definition) is 0. The number of rotatable bonds is 15. The Hall–Kier alpha value is -0.180. The Morgan fingerprint density at radius 2 is 1.32 bits per heavy atom. The molecule has 0 amide bonds. The molecule has 2 nitrogen and oxygen atoms in total.